The molecule has 3 nitrogen and oxygen atoms in total. The maximum Gasteiger partial charge on any atom is 0.270 e. The smallest absolute Gasteiger partial charge is 0.270 e. The van der Waals surface area contributed by atoms with Crippen LogP contribution >= 0.6 is 34.9 Å². The number of ether oxygens (including phenoxy) is 1. The lowest BCUT2D eigenvalue weighted by atomic mass is 10.2. The van der Waals surface area contributed by atoms with Crippen LogP contribution in [0.2, 0.25) is 10.2 Å². The van der Waals surface area contributed by atoms with Gasteiger partial charge in [-0.05, 0) is 24.6 Å². The molecule has 0 N–H and O–H groups in total. The number of aryl methyl sites for hydroxylation is 1. The first-order valence-electron chi connectivity index (χ1n) is 4.09. The molecule has 78 valence electrons. The summed E-state index contributed by atoms with van der Waals surface area (Å²) in [6, 6.07) is 5.48. The average molecular weight is 261 g/mol. The van der Waals surface area contributed by atoms with E-state index in [1.165, 1.54) is 0 Å². The Bertz CT molecular complexity index is 487. The number of rotatable bonds is 2. The van der Waals surface area contributed by atoms with Crippen LogP contribution in [0.3, 0.4) is 0 Å². The van der Waals surface area contributed by atoms with Crippen molar-refractivity contribution in [1.82, 2.24) is 8.75 Å². The third-order valence-corrected chi connectivity index (χ3v) is 2.88. The molecule has 2 aromatic rings. The first kappa shape index (κ1) is 10.7. The van der Waals surface area contributed by atoms with Crippen LogP contribution in [0.15, 0.2) is 18.2 Å². The van der Waals surface area contributed by atoms with Crippen molar-refractivity contribution in [3.63, 3.8) is 0 Å². The summed E-state index contributed by atoms with van der Waals surface area (Å²) in [5.41, 5.74) is 1.05. The van der Waals surface area contributed by atoms with Crippen LogP contribution in [0.1, 0.15) is 5.56 Å². The van der Waals surface area contributed by atoms with E-state index in [-0.39, 0.29) is 11.0 Å². The fourth-order valence-corrected chi connectivity index (χ4v) is 1.79. The van der Waals surface area contributed by atoms with E-state index >= 15 is 0 Å². The molecule has 0 atom stereocenters. The molecule has 1 aromatic heterocycles. The highest BCUT2D eigenvalue weighted by atomic mass is 35.5. The van der Waals surface area contributed by atoms with Crippen molar-refractivity contribution < 1.29 is 4.74 Å². The van der Waals surface area contributed by atoms with Gasteiger partial charge in [0.05, 0.1) is 16.8 Å². The molecule has 0 aliphatic carbocycles. The molecule has 0 bridgehead atoms. The predicted octanol–water partition coefficient (Wildman–Crippen LogP) is 3.95. The molecule has 15 heavy (non-hydrogen) atoms. The quantitative estimate of drug-likeness (QED) is 0.821. The zero-order valence-electron chi connectivity index (χ0n) is 7.70. The second-order valence-electron chi connectivity index (χ2n) is 2.90. The summed E-state index contributed by atoms with van der Waals surface area (Å²) in [7, 11) is 0. The SMILES string of the molecule is Cc1ccc(Cl)c(Oc2nsnc2Cl)c1. The van der Waals surface area contributed by atoms with E-state index in [0.29, 0.717) is 10.8 Å². The van der Waals surface area contributed by atoms with E-state index < -0.39 is 0 Å². The molecule has 0 unspecified atom stereocenters. The van der Waals surface area contributed by atoms with Gasteiger partial charge < -0.3 is 4.74 Å². The second kappa shape index (κ2) is 4.35. The van der Waals surface area contributed by atoms with Crippen LogP contribution < -0.4 is 4.74 Å². The minimum atomic E-state index is 0.248. The molecule has 0 aliphatic rings. The third kappa shape index (κ3) is 2.40. The summed E-state index contributed by atoms with van der Waals surface area (Å²) in [6.07, 6.45) is 0. The van der Waals surface area contributed by atoms with Gasteiger partial charge in [0, 0.05) is 0 Å². The van der Waals surface area contributed by atoms with Gasteiger partial charge in [-0.15, -0.1) is 4.37 Å². The lowest BCUT2D eigenvalue weighted by Crippen LogP contribution is -1.86. The van der Waals surface area contributed by atoms with Crippen LogP contribution in [0.5, 0.6) is 11.6 Å². The van der Waals surface area contributed by atoms with Crippen molar-refractivity contribution in [3.05, 3.63) is 33.9 Å². The Morgan fingerprint density at radius 2 is 2.07 bits per heavy atom. The van der Waals surface area contributed by atoms with E-state index in [0.717, 1.165) is 17.3 Å². The molecule has 2 rings (SSSR count). The molecule has 0 saturated carbocycles. The van der Waals surface area contributed by atoms with Gasteiger partial charge in [-0.25, -0.2) is 0 Å². The summed E-state index contributed by atoms with van der Waals surface area (Å²) >= 11 is 12.7. The largest absolute Gasteiger partial charge is 0.434 e. The molecule has 0 spiro atoms. The number of halogens is 2. The molecular weight excluding hydrogens is 255 g/mol. The van der Waals surface area contributed by atoms with Crippen molar-refractivity contribution in [2.24, 2.45) is 0 Å². The van der Waals surface area contributed by atoms with Crippen LogP contribution in [-0.4, -0.2) is 8.75 Å². The molecule has 0 aliphatic heterocycles. The van der Waals surface area contributed by atoms with Crippen LogP contribution in [0.25, 0.3) is 0 Å². The highest BCUT2D eigenvalue weighted by molar-refractivity contribution is 6.99. The Kier molecular flexibility index (Phi) is 3.09. The normalized spacial score (nSPS) is 10.3. The fraction of sp³-hybridized carbons (Fsp3) is 0.111. The molecule has 1 aromatic carbocycles. The molecule has 1 heterocycles. The summed E-state index contributed by atoms with van der Waals surface area (Å²) < 4.78 is 13.1. The zero-order chi connectivity index (χ0) is 10.8. The van der Waals surface area contributed by atoms with Gasteiger partial charge in [0.1, 0.15) is 5.75 Å². The van der Waals surface area contributed by atoms with E-state index in [9.17, 15) is 0 Å². The summed E-state index contributed by atoms with van der Waals surface area (Å²) in [5, 5.41) is 0.766. The maximum absolute atomic E-state index is 5.95. The number of hydrogen-bond acceptors (Lipinski definition) is 4. The maximum atomic E-state index is 5.95. The molecular formula is C9H6Cl2N2OS. The Morgan fingerprint density at radius 1 is 1.27 bits per heavy atom. The van der Waals surface area contributed by atoms with Gasteiger partial charge in [-0.1, -0.05) is 29.3 Å². The average Bonchev–Trinajstić information content (AvgIpc) is 2.58. The third-order valence-electron chi connectivity index (χ3n) is 1.71. The van der Waals surface area contributed by atoms with Crippen LogP contribution in [0, 0.1) is 6.92 Å². The van der Waals surface area contributed by atoms with Crippen molar-refractivity contribution >= 4 is 34.9 Å². The number of benzene rings is 1. The van der Waals surface area contributed by atoms with Gasteiger partial charge >= 0.3 is 0 Å². The lowest BCUT2D eigenvalue weighted by Gasteiger charge is -2.05. The lowest BCUT2D eigenvalue weighted by molar-refractivity contribution is 0.468. The molecule has 6 heteroatoms. The first-order valence-corrected chi connectivity index (χ1v) is 5.57. The van der Waals surface area contributed by atoms with E-state index in [2.05, 4.69) is 8.75 Å². The minimum absolute atomic E-state index is 0.248. The zero-order valence-corrected chi connectivity index (χ0v) is 10.0. The predicted molar refractivity (Wildman–Crippen MR) is 61.2 cm³/mol. The first-order chi connectivity index (χ1) is 7.16. The Morgan fingerprint density at radius 3 is 2.73 bits per heavy atom. The van der Waals surface area contributed by atoms with Crippen molar-refractivity contribution in [2.45, 2.75) is 6.92 Å². The summed E-state index contributed by atoms with van der Waals surface area (Å²) in [4.78, 5) is 0. The van der Waals surface area contributed by atoms with Crippen molar-refractivity contribution in [1.29, 1.82) is 0 Å². The van der Waals surface area contributed by atoms with E-state index in [1.54, 1.807) is 6.07 Å². The van der Waals surface area contributed by atoms with E-state index in [1.807, 2.05) is 19.1 Å². The molecule has 0 saturated heterocycles. The van der Waals surface area contributed by atoms with Crippen LogP contribution in [0.4, 0.5) is 0 Å². The van der Waals surface area contributed by atoms with Gasteiger partial charge in [-0.2, -0.15) is 4.37 Å². The van der Waals surface area contributed by atoms with Crippen molar-refractivity contribution in [2.75, 3.05) is 0 Å². The van der Waals surface area contributed by atoms with Crippen LogP contribution in [-0.2, 0) is 0 Å². The van der Waals surface area contributed by atoms with Gasteiger partial charge in [0.25, 0.3) is 5.88 Å². The van der Waals surface area contributed by atoms with E-state index in [4.69, 9.17) is 27.9 Å². The summed E-state index contributed by atoms with van der Waals surface area (Å²) in [6.45, 7) is 1.95. The highest BCUT2D eigenvalue weighted by Crippen LogP contribution is 2.32. The Balaban J connectivity index is 2.32. The number of aromatic nitrogens is 2. The Hall–Kier alpha value is -0.840. The number of nitrogens with zero attached hydrogens (tertiary/aromatic N) is 2. The second-order valence-corrected chi connectivity index (χ2v) is 4.19. The standard InChI is InChI=1S/C9H6Cl2N2OS/c1-5-2-3-6(10)7(4-5)14-9-8(11)12-15-13-9/h2-4H,1H3. The minimum Gasteiger partial charge on any atom is -0.434 e. The number of hydrogen-bond donors (Lipinski definition) is 0. The topological polar surface area (TPSA) is 35.0 Å². The molecule has 0 amide bonds. The van der Waals surface area contributed by atoms with Gasteiger partial charge in [-0.3, -0.25) is 0 Å². The molecule has 0 fully saturated rings. The highest BCUT2D eigenvalue weighted by Gasteiger charge is 2.10. The Labute approximate surface area is 101 Å². The summed E-state index contributed by atoms with van der Waals surface area (Å²) in [5.74, 6) is 0.820. The fourth-order valence-electron chi connectivity index (χ4n) is 1.02. The van der Waals surface area contributed by atoms with Gasteiger partial charge in [0.2, 0.25) is 5.15 Å². The van der Waals surface area contributed by atoms with Gasteiger partial charge in [0.15, 0.2) is 0 Å². The van der Waals surface area contributed by atoms with Crippen molar-refractivity contribution in [3.8, 4) is 11.6 Å². The molecule has 0 radical (unpaired) electrons. The monoisotopic (exact) mass is 260 g/mol.